The van der Waals surface area contributed by atoms with Crippen LogP contribution in [0.25, 0.3) is 10.9 Å². The molecule has 24 heavy (non-hydrogen) atoms. The summed E-state index contributed by atoms with van der Waals surface area (Å²) in [7, 11) is 1.69. The van der Waals surface area contributed by atoms with E-state index >= 15 is 0 Å². The molecule has 4 nitrogen and oxygen atoms in total. The van der Waals surface area contributed by atoms with E-state index < -0.39 is 0 Å². The van der Waals surface area contributed by atoms with Crippen LogP contribution in [0, 0.1) is 5.41 Å². The predicted molar refractivity (Wildman–Crippen MR) is 93.7 cm³/mol. The number of rotatable bonds is 2. The number of hydrogen-bond acceptors (Lipinski definition) is 3. The molecule has 0 unspecified atom stereocenters. The van der Waals surface area contributed by atoms with Crippen molar-refractivity contribution >= 4 is 16.8 Å². The third kappa shape index (κ3) is 1.65. The summed E-state index contributed by atoms with van der Waals surface area (Å²) in [5.74, 6) is 1.10. The minimum Gasteiger partial charge on any atom is -0.497 e. The van der Waals surface area contributed by atoms with E-state index in [4.69, 9.17) is 4.74 Å². The van der Waals surface area contributed by atoms with Crippen molar-refractivity contribution in [3.05, 3.63) is 29.5 Å². The van der Waals surface area contributed by atoms with Crippen molar-refractivity contribution < 1.29 is 9.53 Å². The largest absolute Gasteiger partial charge is 0.497 e. The van der Waals surface area contributed by atoms with Crippen molar-refractivity contribution in [3.8, 4) is 5.75 Å². The fourth-order valence-corrected chi connectivity index (χ4v) is 5.61. The molecule has 126 valence electrons. The Morgan fingerprint density at radius 1 is 1.33 bits per heavy atom. The standard InChI is InChI=1S/C20H24N2O2/c1-3-20-8-4-9-21-10-7-15-14-6-5-13(24-2)11-16(14)22(17(23)12-20)18(15)19(20)21/h5-6,11,19H,3-4,7-10,12H2,1-2H3/t19-,20-/m0/s1. The van der Waals surface area contributed by atoms with Gasteiger partial charge in [0, 0.05) is 35.5 Å². The molecule has 3 aliphatic rings. The van der Waals surface area contributed by atoms with Gasteiger partial charge in [-0.1, -0.05) is 6.92 Å². The van der Waals surface area contributed by atoms with Gasteiger partial charge in [-0.2, -0.15) is 0 Å². The van der Waals surface area contributed by atoms with Gasteiger partial charge >= 0.3 is 0 Å². The van der Waals surface area contributed by atoms with Gasteiger partial charge in [-0.25, -0.2) is 0 Å². The van der Waals surface area contributed by atoms with Gasteiger partial charge in [0.05, 0.1) is 18.7 Å². The number of piperidine rings is 1. The Hall–Kier alpha value is -1.81. The highest BCUT2D eigenvalue weighted by Gasteiger charge is 2.52. The van der Waals surface area contributed by atoms with Crippen LogP contribution in [0.3, 0.4) is 0 Å². The summed E-state index contributed by atoms with van der Waals surface area (Å²) in [4.78, 5) is 15.8. The molecule has 1 aromatic heterocycles. The monoisotopic (exact) mass is 324 g/mol. The van der Waals surface area contributed by atoms with Crippen LogP contribution in [0.2, 0.25) is 0 Å². The molecule has 5 rings (SSSR count). The molecule has 4 heterocycles. The number of nitrogens with zero attached hydrogens (tertiary/aromatic N) is 2. The molecule has 0 bridgehead atoms. The zero-order valence-electron chi connectivity index (χ0n) is 14.5. The SMILES string of the molecule is CC[C@]12CCCN3CCc4c(n(c5cc(OC)ccc45)C(=O)C1)[C@H]32. The Balaban J connectivity index is 1.84. The topological polar surface area (TPSA) is 34.5 Å². The summed E-state index contributed by atoms with van der Waals surface area (Å²) >= 11 is 0. The summed E-state index contributed by atoms with van der Waals surface area (Å²) in [5, 5.41) is 1.25. The number of aromatic nitrogens is 1. The normalized spacial score (nSPS) is 28.9. The lowest BCUT2D eigenvalue weighted by molar-refractivity contribution is -0.0174. The second kappa shape index (κ2) is 4.85. The van der Waals surface area contributed by atoms with Crippen molar-refractivity contribution in [2.24, 2.45) is 5.41 Å². The van der Waals surface area contributed by atoms with Crippen LogP contribution in [-0.2, 0) is 6.42 Å². The summed E-state index contributed by atoms with van der Waals surface area (Å²) in [5.41, 5.74) is 3.88. The molecule has 4 heteroatoms. The zero-order valence-corrected chi connectivity index (χ0v) is 14.5. The van der Waals surface area contributed by atoms with Gasteiger partial charge in [-0.05, 0) is 49.9 Å². The summed E-state index contributed by atoms with van der Waals surface area (Å²) in [6.45, 7) is 4.57. The van der Waals surface area contributed by atoms with Crippen LogP contribution in [0.1, 0.15) is 54.7 Å². The van der Waals surface area contributed by atoms with Crippen molar-refractivity contribution in [1.82, 2.24) is 9.47 Å². The number of hydrogen-bond donors (Lipinski definition) is 0. The predicted octanol–water partition coefficient (Wildman–Crippen LogP) is 3.78. The molecule has 2 atom stereocenters. The minimum atomic E-state index is 0.138. The molecule has 0 saturated carbocycles. The van der Waals surface area contributed by atoms with Gasteiger partial charge in [0.15, 0.2) is 0 Å². The molecule has 1 saturated heterocycles. The second-order valence-corrected chi connectivity index (χ2v) is 7.66. The lowest BCUT2D eigenvalue weighted by Crippen LogP contribution is -2.53. The van der Waals surface area contributed by atoms with E-state index in [-0.39, 0.29) is 11.3 Å². The number of carbonyl (C=O) groups is 1. The van der Waals surface area contributed by atoms with Crippen LogP contribution < -0.4 is 4.74 Å². The fourth-order valence-electron chi connectivity index (χ4n) is 5.61. The molecular weight excluding hydrogens is 300 g/mol. The molecular formula is C20H24N2O2. The molecule has 3 aliphatic heterocycles. The molecule has 0 N–H and O–H groups in total. The fraction of sp³-hybridized carbons (Fsp3) is 0.550. The molecule has 1 aromatic carbocycles. The Morgan fingerprint density at radius 2 is 2.21 bits per heavy atom. The average molecular weight is 324 g/mol. The van der Waals surface area contributed by atoms with E-state index in [0.29, 0.717) is 12.5 Å². The number of benzene rings is 1. The van der Waals surface area contributed by atoms with Crippen LogP contribution >= 0.6 is 0 Å². The summed E-state index contributed by atoms with van der Waals surface area (Å²) in [6, 6.07) is 6.62. The van der Waals surface area contributed by atoms with Gasteiger partial charge in [0.1, 0.15) is 5.75 Å². The Kier molecular flexibility index (Phi) is 2.94. The van der Waals surface area contributed by atoms with Gasteiger partial charge in [0.25, 0.3) is 0 Å². The molecule has 2 aromatic rings. The molecule has 1 fully saturated rings. The Morgan fingerprint density at radius 3 is 3.00 bits per heavy atom. The second-order valence-electron chi connectivity index (χ2n) is 7.66. The lowest BCUT2D eigenvalue weighted by atomic mass is 9.64. The first kappa shape index (κ1) is 14.5. The molecule has 0 radical (unpaired) electrons. The third-order valence-electron chi connectivity index (χ3n) is 6.75. The highest BCUT2D eigenvalue weighted by Crippen LogP contribution is 2.57. The average Bonchev–Trinajstić information content (AvgIpc) is 2.95. The number of fused-ring (bicyclic) bond motifs is 3. The molecule has 0 aliphatic carbocycles. The van der Waals surface area contributed by atoms with Gasteiger partial charge in [0.2, 0.25) is 5.91 Å². The van der Waals surface area contributed by atoms with E-state index in [9.17, 15) is 4.79 Å². The van der Waals surface area contributed by atoms with Gasteiger partial charge < -0.3 is 4.74 Å². The van der Waals surface area contributed by atoms with Gasteiger partial charge in [-0.15, -0.1) is 0 Å². The summed E-state index contributed by atoms with van der Waals surface area (Å²) < 4.78 is 7.45. The first-order valence-corrected chi connectivity index (χ1v) is 9.17. The van der Waals surface area contributed by atoms with E-state index in [0.717, 1.165) is 30.7 Å². The number of ether oxygens (including phenoxy) is 1. The first-order chi connectivity index (χ1) is 11.7. The lowest BCUT2D eigenvalue weighted by Gasteiger charge is -2.54. The molecule has 0 spiro atoms. The van der Waals surface area contributed by atoms with Crippen LogP contribution in [0.5, 0.6) is 5.75 Å². The molecule has 0 amide bonds. The van der Waals surface area contributed by atoms with Crippen molar-refractivity contribution in [2.75, 3.05) is 20.2 Å². The third-order valence-corrected chi connectivity index (χ3v) is 6.75. The maximum atomic E-state index is 13.2. The Bertz CT molecular complexity index is 853. The van der Waals surface area contributed by atoms with Crippen LogP contribution in [-0.4, -0.2) is 35.6 Å². The van der Waals surface area contributed by atoms with E-state index in [1.54, 1.807) is 7.11 Å². The maximum absolute atomic E-state index is 13.2. The van der Waals surface area contributed by atoms with E-state index in [2.05, 4.69) is 17.9 Å². The maximum Gasteiger partial charge on any atom is 0.232 e. The van der Waals surface area contributed by atoms with E-state index in [1.807, 2.05) is 16.7 Å². The first-order valence-electron chi connectivity index (χ1n) is 9.17. The van der Waals surface area contributed by atoms with Crippen molar-refractivity contribution in [1.29, 1.82) is 0 Å². The highest BCUT2D eigenvalue weighted by atomic mass is 16.5. The smallest absolute Gasteiger partial charge is 0.232 e. The van der Waals surface area contributed by atoms with Crippen molar-refractivity contribution in [2.45, 2.75) is 45.1 Å². The summed E-state index contributed by atoms with van der Waals surface area (Å²) in [6.07, 6.45) is 5.22. The van der Waals surface area contributed by atoms with Gasteiger partial charge in [-0.3, -0.25) is 14.3 Å². The quantitative estimate of drug-likeness (QED) is 0.843. The van der Waals surface area contributed by atoms with Crippen LogP contribution in [0.15, 0.2) is 18.2 Å². The van der Waals surface area contributed by atoms with Crippen LogP contribution in [0.4, 0.5) is 0 Å². The highest BCUT2D eigenvalue weighted by molar-refractivity contribution is 5.98. The Labute approximate surface area is 142 Å². The number of carbonyl (C=O) groups excluding carboxylic acids is 1. The van der Waals surface area contributed by atoms with E-state index in [1.165, 1.54) is 36.0 Å². The minimum absolute atomic E-state index is 0.138. The number of methoxy groups -OCH3 is 1. The van der Waals surface area contributed by atoms with Crippen molar-refractivity contribution in [3.63, 3.8) is 0 Å². The zero-order chi connectivity index (χ0) is 16.5.